The number of carboxylic acid groups (broad SMARTS) is 1. The van der Waals surface area contributed by atoms with E-state index in [1.54, 1.807) is 18.2 Å². The first-order valence-electron chi connectivity index (χ1n) is 10.4. The van der Waals surface area contributed by atoms with Crippen molar-refractivity contribution in [2.24, 2.45) is 11.8 Å². The number of nitrogens with zero attached hydrogens (tertiary/aromatic N) is 1. The minimum atomic E-state index is -1.47. The molecule has 10 heteroatoms. The maximum Gasteiger partial charge on any atom is 0.303 e. The van der Waals surface area contributed by atoms with Gasteiger partial charge in [-0.25, -0.2) is 0 Å². The number of para-hydroxylation sites is 1. The van der Waals surface area contributed by atoms with Crippen molar-refractivity contribution >= 4 is 41.0 Å². The molecule has 3 saturated heterocycles. The summed E-state index contributed by atoms with van der Waals surface area (Å²) < 4.78 is 5.61. The van der Waals surface area contributed by atoms with Crippen molar-refractivity contribution in [3.8, 4) is 0 Å². The zero-order valence-electron chi connectivity index (χ0n) is 16.6. The van der Waals surface area contributed by atoms with E-state index in [0.29, 0.717) is 22.9 Å². The number of amides is 3. The molecule has 3 fully saturated rings. The summed E-state index contributed by atoms with van der Waals surface area (Å²) in [6.07, 6.45) is 1.35. The molecule has 4 heterocycles. The van der Waals surface area contributed by atoms with Gasteiger partial charge in [0.2, 0.25) is 17.7 Å². The van der Waals surface area contributed by atoms with Crippen molar-refractivity contribution < 1.29 is 29.0 Å². The van der Waals surface area contributed by atoms with Gasteiger partial charge < -0.3 is 15.2 Å². The van der Waals surface area contributed by atoms with Crippen LogP contribution in [0, 0.1) is 11.8 Å². The highest BCUT2D eigenvalue weighted by molar-refractivity contribution is 6.35. The standard InChI is InChI=1S/C21H22ClN3O6/c22-12-5-1-4-11-17(12)23-20(30)21(11)16-15(13(24-21)6-7-14(26)27)18(28)25(19(16)29)9-10-3-2-8-31-10/h1,4-5,10,13,15-16,24H,2-3,6-9H2,(H,23,30)(H,26,27)/t10-,13+,15+,16-,21-/m1/s1. The largest absolute Gasteiger partial charge is 0.481 e. The number of imide groups is 1. The van der Waals surface area contributed by atoms with Gasteiger partial charge in [0.25, 0.3) is 0 Å². The van der Waals surface area contributed by atoms with Crippen molar-refractivity contribution in [3.63, 3.8) is 0 Å². The Morgan fingerprint density at radius 1 is 1.29 bits per heavy atom. The smallest absolute Gasteiger partial charge is 0.303 e. The highest BCUT2D eigenvalue weighted by Gasteiger charge is 2.70. The predicted molar refractivity (Wildman–Crippen MR) is 108 cm³/mol. The van der Waals surface area contributed by atoms with Gasteiger partial charge in [-0.2, -0.15) is 0 Å². The van der Waals surface area contributed by atoms with Crippen LogP contribution in [0.5, 0.6) is 0 Å². The Hall–Kier alpha value is -2.49. The Bertz CT molecular complexity index is 993. The zero-order valence-corrected chi connectivity index (χ0v) is 17.4. The molecule has 0 unspecified atom stereocenters. The first kappa shape index (κ1) is 20.4. The molecule has 0 saturated carbocycles. The lowest BCUT2D eigenvalue weighted by Gasteiger charge is -2.30. The molecule has 3 N–H and O–H groups in total. The lowest BCUT2D eigenvalue weighted by atomic mass is 9.76. The highest BCUT2D eigenvalue weighted by Crippen LogP contribution is 2.54. The number of benzene rings is 1. The molecule has 4 aliphatic rings. The Morgan fingerprint density at radius 2 is 2.10 bits per heavy atom. The van der Waals surface area contributed by atoms with Crippen LogP contribution in [0.25, 0.3) is 0 Å². The van der Waals surface area contributed by atoms with E-state index in [-0.39, 0.29) is 31.4 Å². The predicted octanol–water partition coefficient (Wildman–Crippen LogP) is 1.10. The lowest BCUT2D eigenvalue weighted by Crippen LogP contribution is -2.53. The van der Waals surface area contributed by atoms with E-state index < -0.39 is 41.2 Å². The van der Waals surface area contributed by atoms with E-state index in [2.05, 4.69) is 10.6 Å². The van der Waals surface area contributed by atoms with E-state index >= 15 is 0 Å². The minimum Gasteiger partial charge on any atom is -0.481 e. The number of fused-ring (bicyclic) bond motifs is 4. The molecule has 1 aromatic carbocycles. The second-order valence-corrected chi connectivity index (χ2v) is 8.94. The third kappa shape index (κ3) is 2.90. The number of likely N-dealkylation sites (tertiary alicyclic amines) is 1. The van der Waals surface area contributed by atoms with Crippen molar-refractivity contribution in [1.82, 2.24) is 10.2 Å². The minimum absolute atomic E-state index is 0.119. The number of carboxylic acids is 1. The number of rotatable bonds is 5. The lowest BCUT2D eigenvalue weighted by molar-refractivity contribution is -0.144. The average Bonchev–Trinajstić information content (AvgIpc) is 3.47. The number of anilines is 1. The number of aliphatic carboxylic acids is 1. The molecule has 5 rings (SSSR count). The summed E-state index contributed by atoms with van der Waals surface area (Å²) in [6, 6.07) is 4.40. The maximum atomic E-state index is 13.6. The number of hydrogen-bond donors (Lipinski definition) is 3. The van der Waals surface area contributed by atoms with Crippen LogP contribution in [0.3, 0.4) is 0 Å². The first-order valence-corrected chi connectivity index (χ1v) is 10.8. The molecule has 0 radical (unpaired) electrons. The van der Waals surface area contributed by atoms with Gasteiger partial charge in [0, 0.05) is 24.6 Å². The normalized spacial score (nSPS) is 33.8. The first-order chi connectivity index (χ1) is 14.8. The van der Waals surface area contributed by atoms with Crippen LogP contribution >= 0.6 is 11.6 Å². The van der Waals surface area contributed by atoms with Gasteiger partial charge in [-0.15, -0.1) is 0 Å². The molecule has 1 aromatic rings. The average molecular weight is 448 g/mol. The fraction of sp³-hybridized carbons (Fsp3) is 0.524. The molecular weight excluding hydrogens is 426 g/mol. The second-order valence-electron chi connectivity index (χ2n) is 8.53. The molecule has 4 aliphatic heterocycles. The number of halogens is 1. The Kier molecular flexibility index (Phi) is 4.80. The second kappa shape index (κ2) is 7.29. The summed E-state index contributed by atoms with van der Waals surface area (Å²) in [4.78, 5) is 52.6. The molecule has 3 amide bonds. The molecule has 1 spiro atoms. The van der Waals surface area contributed by atoms with Crippen molar-refractivity contribution in [2.75, 3.05) is 18.5 Å². The van der Waals surface area contributed by atoms with Gasteiger partial charge in [-0.3, -0.25) is 29.4 Å². The Balaban J connectivity index is 1.57. The van der Waals surface area contributed by atoms with Crippen molar-refractivity contribution in [2.45, 2.75) is 43.4 Å². The topological polar surface area (TPSA) is 125 Å². The van der Waals surface area contributed by atoms with E-state index in [0.717, 1.165) is 12.8 Å². The number of carbonyl (C=O) groups excluding carboxylic acids is 3. The summed E-state index contributed by atoms with van der Waals surface area (Å²) in [6.45, 7) is 0.741. The molecule has 5 atom stereocenters. The maximum absolute atomic E-state index is 13.6. The molecule has 31 heavy (non-hydrogen) atoms. The highest BCUT2D eigenvalue weighted by atomic mass is 35.5. The summed E-state index contributed by atoms with van der Waals surface area (Å²) in [5.74, 6) is -4.08. The fourth-order valence-electron chi connectivity index (χ4n) is 5.55. The van der Waals surface area contributed by atoms with E-state index in [1.807, 2.05) is 0 Å². The molecule has 9 nitrogen and oxygen atoms in total. The molecule has 0 aromatic heterocycles. The van der Waals surface area contributed by atoms with Gasteiger partial charge in [0.1, 0.15) is 5.54 Å². The van der Waals surface area contributed by atoms with Crippen LogP contribution in [0.15, 0.2) is 18.2 Å². The summed E-state index contributed by atoms with van der Waals surface area (Å²) >= 11 is 6.29. The van der Waals surface area contributed by atoms with Gasteiger partial charge in [0.15, 0.2) is 0 Å². The number of carbonyl (C=O) groups is 4. The summed E-state index contributed by atoms with van der Waals surface area (Å²) in [5, 5.41) is 15.5. The Morgan fingerprint density at radius 3 is 2.81 bits per heavy atom. The molecule has 0 aliphatic carbocycles. The fourth-order valence-corrected chi connectivity index (χ4v) is 5.77. The van der Waals surface area contributed by atoms with Gasteiger partial charge in [0.05, 0.1) is 35.2 Å². The monoisotopic (exact) mass is 447 g/mol. The zero-order chi connectivity index (χ0) is 21.9. The van der Waals surface area contributed by atoms with E-state index in [9.17, 15) is 24.3 Å². The van der Waals surface area contributed by atoms with Crippen LogP contribution in [0.4, 0.5) is 5.69 Å². The summed E-state index contributed by atoms with van der Waals surface area (Å²) in [5.41, 5.74) is -0.540. The van der Waals surface area contributed by atoms with Crippen LogP contribution in [-0.2, 0) is 29.5 Å². The van der Waals surface area contributed by atoms with Crippen molar-refractivity contribution in [3.05, 3.63) is 28.8 Å². The van der Waals surface area contributed by atoms with E-state index in [1.165, 1.54) is 4.90 Å². The quantitative estimate of drug-likeness (QED) is 0.577. The van der Waals surface area contributed by atoms with Crippen molar-refractivity contribution in [1.29, 1.82) is 0 Å². The molecule has 0 bridgehead atoms. The summed E-state index contributed by atoms with van der Waals surface area (Å²) in [7, 11) is 0. The van der Waals surface area contributed by atoms with Gasteiger partial charge in [-0.05, 0) is 25.3 Å². The van der Waals surface area contributed by atoms with Gasteiger partial charge >= 0.3 is 5.97 Å². The third-order valence-corrected chi connectivity index (χ3v) is 7.18. The number of hydrogen-bond acceptors (Lipinski definition) is 6. The van der Waals surface area contributed by atoms with Crippen LogP contribution in [0.1, 0.15) is 31.2 Å². The SMILES string of the molecule is O=C(O)CC[C@@H]1N[C@@]2(C(=O)Nc3c(Cl)cccc32)[C@H]2C(=O)N(C[C@H]3CCCO3)C(=O)[C@@H]12. The van der Waals surface area contributed by atoms with Crippen LogP contribution < -0.4 is 10.6 Å². The van der Waals surface area contributed by atoms with Gasteiger partial charge in [-0.1, -0.05) is 23.7 Å². The number of ether oxygens (including phenoxy) is 1. The van der Waals surface area contributed by atoms with Crippen LogP contribution in [0.2, 0.25) is 5.02 Å². The Labute approximate surface area is 183 Å². The van der Waals surface area contributed by atoms with E-state index in [4.69, 9.17) is 16.3 Å². The number of nitrogens with one attached hydrogen (secondary N) is 2. The van der Waals surface area contributed by atoms with Crippen LogP contribution in [-0.4, -0.2) is 59.0 Å². The molecular formula is C21H22ClN3O6. The molecule has 164 valence electrons. The third-order valence-electron chi connectivity index (χ3n) is 6.87.